The molecule has 2 nitrogen and oxygen atoms in total. The lowest BCUT2D eigenvalue weighted by Gasteiger charge is -2.20. The summed E-state index contributed by atoms with van der Waals surface area (Å²) in [5.41, 5.74) is -0.545. The van der Waals surface area contributed by atoms with Crippen LogP contribution in [0.2, 0.25) is 0 Å². The third-order valence-electron chi connectivity index (χ3n) is 2.02. The van der Waals surface area contributed by atoms with Crippen molar-refractivity contribution in [3.05, 3.63) is 29.3 Å². The number of ether oxygens (including phenoxy) is 2. The van der Waals surface area contributed by atoms with Crippen LogP contribution in [0.5, 0.6) is 5.75 Å². The highest BCUT2D eigenvalue weighted by Crippen LogP contribution is 2.24. The Morgan fingerprint density at radius 1 is 1.19 bits per heavy atom. The van der Waals surface area contributed by atoms with Gasteiger partial charge in [-0.3, -0.25) is 0 Å². The fourth-order valence-electron chi connectivity index (χ4n) is 1.15. The van der Waals surface area contributed by atoms with Gasteiger partial charge in [-0.1, -0.05) is 0 Å². The summed E-state index contributed by atoms with van der Waals surface area (Å²) in [6.45, 7) is 5.35. The summed E-state index contributed by atoms with van der Waals surface area (Å²) in [6, 6.07) is 2.43. The number of methoxy groups -OCH3 is 1. The van der Waals surface area contributed by atoms with Gasteiger partial charge in [0.2, 0.25) is 0 Å². The molecule has 0 bridgehead atoms. The minimum atomic E-state index is -0.702. The van der Waals surface area contributed by atoms with Crippen LogP contribution >= 0.6 is 0 Å². The largest absolute Gasteiger partial charge is 0.494 e. The zero-order valence-corrected chi connectivity index (χ0v) is 9.93. The second kappa shape index (κ2) is 4.78. The molecule has 4 heteroatoms. The molecule has 0 N–H and O–H groups in total. The Kier molecular flexibility index (Phi) is 3.86. The van der Waals surface area contributed by atoms with Crippen LogP contribution in [0.4, 0.5) is 8.78 Å². The normalized spacial score (nSPS) is 11.6. The molecule has 1 aromatic rings. The number of benzene rings is 1. The van der Waals surface area contributed by atoms with Gasteiger partial charge in [0.1, 0.15) is 5.82 Å². The fraction of sp³-hybridized carbons (Fsp3) is 0.500. The average molecular weight is 230 g/mol. The van der Waals surface area contributed by atoms with Crippen molar-refractivity contribution in [1.82, 2.24) is 0 Å². The van der Waals surface area contributed by atoms with Crippen LogP contribution in [0.25, 0.3) is 0 Å². The minimum Gasteiger partial charge on any atom is -0.494 e. The highest BCUT2D eigenvalue weighted by atomic mass is 19.1. The van der Waals surface area contributed by atoms with Gasteiger partial charge in [0.25, 0.3) is 0 Å². The van der Waals surface area contributed by atoms with Crippen LogP contribution in [0.15, 0.2) is 12.1 Å². The second-order valence-electron chi connectivity index (χ2n) is 4.44. The average Bonchev–Trinajstić information content (AvgIpc) is 2.16. The monoisotopic (exact) mass is 230 g/mol. The molecule has 1 aromatic carbocycles. The maximum Gasteiger partial charge on any atom is 0.173 e. The van der Waals surface area contributed by atoms with Gasteiger partial charge < -0.3 is 9.47 Å². The van der Waals surface area contributed by atoms with Crippen LogP contribution in [0, 0.1) is 11.6 Å². The van der Waals surface area contributed by atoms with Crippen LogP contribution in [0.3, 0.4) is 0 Å². The molecular formula is C12H16F2O2. The zero-order valence-electron chi connectivity index (χ0n) is 9.93. The zero-order chi connectivity index (χ0) is 12.3. The Balaban J connectivity index is 2.94. The molecule has 90 valence electrons. The summed E-state index contributed by atoms with van der Waals surface area (Å²) in [7, 11) is 1.34. The molecule has 0 radical (unpaired) electrons. The van der Waals surface area contributed by atoms with E-state index >= 15 is 0 Å². The van der Waals surface area contributed by atoms with Crippen molar-refractivity contribution in [2.75, 3.05) is 7.11 Å². The summed E-state index contributed by atoms with van der Waals surface area (Å²) in [4.78, 5) is 0. The standard InChI is InChI=1S/C12H16F2O2/c1-12(2,3)16-7-8-9(13)5-6-10(15-4)11(8)14/h5-6H,7H2,1-4H3. The quantitative estimate of drug-likeness (QED) is 0.793. The van der Waals surface area contributed by atoms with Gasteiger partial charge in [-0.2, -0.15) is 0 Å². The van der Waals surface area contributed by atoms with E-state index in [0.29, 0.717) is 0 Å². The summed E-state index contributed by atoms with van der Waals surface area (Å²) < 4.78 is 37.1. The van der Waals surface area contributed by atoms with Gasteiger partial charge in [0.15, 0.2) is 11.6 Å². The predicted octanol–water partition coefficient (Wildman–Crippen LogP) is 3.29. The molecular weight excluding hydrogens is 214 g/mol. The molecule has 0 amide bonds. The lowest BCUT2D eigenvalue weighted by Crippen LogP contribution is -2.19. The van der Waals surface area contributed by atoms with Crippen molar-refractivity contribution < 1.29 is 18.3 Å². The van der Waals surface area contributed by atoms with Crippen molar-refractivity contribution in [2.24, 2.45) is 0 Å². The van der Waals surface area contributed by atoms with Gasteiger partial charge in [-0.15, -0.1) is 0 Å². The Morgan fingerprint density at radius 3 is 2.31 bits per heavy atom. The van der Waals surface area contributed by atoms with E-state index in [1.165, 1.54) is 19.2 Å². The van der Waals surface area contributed by atoms with E-state index in [4.69, 9.17) is 9.47 Å². The number of rotatable bonds is 3. The van der Waals surface area contributed by atoms with E-state index in [1.54, 1.807) is 0 Å². The van der Waals surface area contributed by atoms with Crippen molar-refractivity contribution in [2.45, 2.75) is 33.0 Å². The number of halogens is 2. The van der Waals surface area contributed by atoms with Gasteiger partial charge in [0.05, 0.1) is 24.9 Å². The smallest absolute Gasteiger partial charge is 0.173 e. The van der Waals surface area contributed by atoms with E-state index in [0.717, 1.165) is 0 Å². The first-order valence-electron chi connectivity index (χ1n) is 5.00. The molecule has 0 saturated carbocycles. The highest BCUT2D eigenvalue weighted by molar-refractivity contribution is 5.31. The SMILES string of the molecule is COc1ccc(F)c(COC(C)(C)C)c1F. The molecule has 16 heavy (non-hydrogen) atoms. The lowest BCUT2D eigenvalue weighted by atomic mass is 10.1. The molecule has 0 unspecified atom stereocenters. The number of hydrogen-bond donors (Lipinski definition) is 0. The molecule has 0 saturated heterocycles. The van der Waals surface area contributed by atoms with Crippen LogP contribution in [0.1, 0.15) is 26.3 Å². The highest BCUT2D eigenvalue weighted by Gasteiger charge is 2.17. The lowest BCUT2D eigenvalue weighted by molar-refractivity contribution is -0.0174. The number of hydrogen-bond acceptors (Lipinski definition) is 2. The van der Waals surface area contributed by atoms with E-state index in [-0.39, 0.29) is 17.9 Å². The van der Waals surface area contributed by atoms with E-state index in [2.05, 4.69) is 0 Å². The van der Waals surface area contributed by atoms with Gasteiger partial charge in [-0.25, -0.2) is 8.78 Å². The van der Waals surface area contributed by atoms with E-state index in [9.17, 15) is 8.78 Å². The third kappa shape index (κ3) is 3.17. The molecule has 0 spiro atoms. The maximum atomic E-state index is 13.7. The molecule has 0 aliphatic carbocycles. The summed E-state index contributed by atoms with van der Waals surface area (Å²) >= 11 is 0. The second-order valence-corrected chi connectivity index (χ2v) is 4.44. The van der Waals surface area contributed by atoms with Crippen LogP contribution < -0.4 is 4.74 Å². The Morgan fingerprint density at radius 2 is 1.81 bits per heavy atom. The molecule has 0 aliphatic heterocycles. The fourth-order valence-corrected chi connectivity index (χ4v) is 1.15. The molecule has 0 aromatic heterocycles. The van der Waals surface area contributed by atoms with Gasteiger partial charge in [-0.05, 0) is 32.9 Å². The first-order chi connectivity index (χ1) is 7.35. The van der Waals surface area contributed by atoms with Crippen molar-refractivity contribution >= 4 is 0 Å². The first-order valence-corrected chi connectivity index (χ1v) is 5.00. The molecule has 0 heterocycles. The van der Waals surface area contributed by atoms with Crippen molar-refractivity contribution in [3.8, 4) is 5.75 Å². The van der Waals surface area contributed by atoms with Crippen molar-refractivity contribution in [1.29, 1.82) is 0 Å². The maximum absolute atomic E-state index is 13.7. The van der Waals surface area contributed by atoms with Gasteiger partial charge in [0, 0.05) is 0 Å². The van der Waals surface area contributed by atoms with Crippen LogP contribution in [-0.4, -0.2) is 12.7 Å². The van der Waals surface area contributed by atoms with Crippen molar-refractivity contribution in [3.63, 3.8) is 0 Å². The van der Waals surface area contributed by atoms with E-state index < -0.39 is 17.2 Å². The minimum absolute atomic E-state index is 0.0221. The summed E-state index contributed by atoms with van der Waals surface area (Å²) in [6.07, 6.45) is 0. The summed E-state index contributed by atoms with van der Waals surface area (Å²) in [5.74, 6) is -1.30. The van der Waals surface area contributed by atoms with Gasteiger partial charge >= 0.3 is 0 Å². The molecule has 0 fully saturated rings. The van der Waals surface area contributed by atoms with Crippen LogP contribution in [-0.2, 0) is 11.3 Å². The third-order valence-corrected chi connectivity index (χ3v) is 2.02. The molecule has 1 rings (SSSR count). The Labute approximate surface area is 94.2 Å². The van der Waals surface area contributed by atoms with E-state index in [1.807, 2.05) is 20.8 Å². The molecule has 0 atom stereocenters. The summed E-state index contributed by atoms with van der Waals surface area (Å²) in [5, 5.41) is 0. The topological polar surface area (TPSA) is 18.5 Å². The first kappa shape index (κ1) is 12.9. The molecule has 0 aliphatic rings. The predicted molar refractivity (Wildman–Crippen MR) is 57.5 cm³/mol. The Hall–Kier alpha value is -1.16. The Bertz CT molecular complexity index is 370.